The third-order valence-electron chi connectivity index (χ3n) is 6.03. The van der Waals surface area contributed by atoms with Crippen LogP contribution in [0.1, 0.15) is 26.3 Å². The molecule has 2 saturated heterocycles. The molecule has 2 aromatic heterocycles. The first-order valence-corrected chi connectivity index (χ1v) is 8.65. The topological polar surface area (TPSA) is 40.9 Å². The van der Waals surface area contributed by atoms with Crippen LogP contribution in [0.15, 0.2) is 24.8 Å². The first-order chi connectivity index (χ1) is 12.1. The minimum atomic E-state index is -4.43. The maximum atomic E-state index is 13.6. The maximum absolute atomic E-state index is 13.6. The number of likely N-dealkylation sites (tertiary alicyclic amines) is 1. The minimum Gasteiger partial charge on any atom is -0.369 e. The highest BCUT2D eigenvalue weighted by Crippen LogP contribution is 2.47. The highest BCUT2D eigenvalue weighted by Gasteiger charge is 2.53. The molecular formula is C18H21F3N4O. The number of halogens is 3. The lowest BCUT2D eigenvalue weighted by atomic mass is 9.85. The van der Waals surface area contributed by atoms with Crippen molar-refractivity contribution in [1.29, 1.82) is 0 Å². The molecule has 0 spiro atoms. The summed E-state index contributed by atoms with van der Waals surface area (Å²) < 4.78 is 42.5. The van der Waals surface area contributed by atoms with Crippen molar-refractivity contribution in [3.63, 3.8) is 0 Å². The number of anilines is 1. The first kappa shape index (κ1) is 17.2. The Balaban J connectivity index is 1.75. The fourth-order valence-corrected chi connectivity index (χ4v) is 4.78. The zero-order valence-electron chi connectivity index (χ0n) is 14.9. The number of nitrogens with zero attached hydrogens (tertiary/aromatic N) is 4. The van der Waals surface area contributed by atoms with E-state index in [4.69, 9.17) is 0 Å². The average molecular weight is 366 g/mol. The van der Waals surface area contributed by atoms with Gasteiger partial charge in [-0.15, -0.1) is 0 Å². The van der Waals surface area contributed by atoms with Crippen LogP contribution in [0, 0.1) is 11.8 Å². The van der Waals surface area contributed by atoms with Gasteiger partial charge >= 0.3 is 6.18 Å². The Kier molecular flexibility index (Phi) is 3.55. The molecular weight excluding hydrogens is 345 g/mol. The minimum absolute atomic E-state index is 0.0184. The molecule has 2 atom stereocenters. The second-order valence-electron chi connectivity index (χ2n) is 7.82. The van der Waals surface area contributed by atoms with Crippen molar-refractivity contribution in [2.24, 2.45) is 11.8 Å². The first-order valence-electron chi connectivity index (χ1n) is 8.65. The van der Waals surface area contributed by atoms with Crippen LogP contribution >= 0.6 is 0 Å². The second-order valence-corrected chi connectivity index (χ2v) is 7.82. The van der Waals surface area contributed by atoms with Crippen LogP contribution < -0.4 is 4.90 Å². The molecule has 0 unspecified atom stereocenters. The Morgan fingerprint density at radius 3 is 2.62 bits per heavy atom. The molecule has 0 radical (unpaired) electrons. The summed E-state index contributed by atoms with van der Waals surface area (Å²) >= 11 is 0. The molecule has 5 nitrogen and oxygen atoms in total. The molecule has 0 aromatic carbocycles. The molecule has 4 heterocycles. The molecule has 0 bridgehead atoms. The van der Waals surface area contributed by atoms with Gasteiger partial charge in [0.2, 0.25) is 5.91 Å². The Morgan fingerprint density at radius 1 is 1.27 bits per heavy atom. The number of rotatable bonds is 1. The van der Waals surface area contributed by atoms with E-state index >= 15 is 0 Å². The fraction of sp³-hybridized carbons (Fsp3) is 0.556. The van der Waals surface area contributed by atoms with Gasteiger partial charge in [-0.05, 0) is 19.9 Å². The standard InChI is InChI=1S/C18H21F3N4O/c1-11(26)25-8-12-7-24(9-14(12)17(25,2)3)16-13(18(19,20)21)4-5-23-10-22-6-15(16)23/h4-6,10,12,14H,7-9H2,1-3H3/t12-,14-/m0/s1. The monoisotopic (exact) mass is 366 g/mol. The van der Waals surface area contributed by atoms with Gasteiger partial charge in [-0.25, -0.2) is 4.98 Å². The van der Waals surface area contributed by atoms with Crippen molar-refractivity contribution in [2.45, 2.75) is 32.5 Å². The summed E-state index contributed by atoms with van der Waals surface area (Å²) in [4.78, 5) is 19.6. The highest BCUT2D eigenvalue weighted by molar-refractivity contribution is 5.78. The number of imidazole rings is 1. The van der Waals surface area contributed by atoms with E-state index in [1.807, 2.05) is 23.6 Å². The zero-order chi connectivity index (χ0) is 18.9. The Hall–Kier alpha value is -2.25. The SMILES string of the molecule is CC(=O)N1C[C@@H]2CN(c3c(C(F)(F)F)ccn4cncc34)C[C@@H]2C1(C)C. The second kappa shape index (κ2) is 5.37. The van der Waals surface area contributed by atoms with Crippen LogP contribution in [-0.4, -0.2) is 45.4 Å². The number of pyridine rings is 1. The van der Waals surface area contributed by atoms with Crippen LogP contribution in [0.5, 0.6) is 0 Å². The fourth-order valence-electron chi connectivity index (χ4n) is 4.78. The van der Waals surface area contributed by atoms with Crippen molar-refractivity contribution in [1.82, 2.24) is 14.3 Å². The Labute approximate surface area is 149 Å². The van der Waals surface area contributed by atoms with E-state index < -0.39 is 11.7 Å². The predicted molar refractivity (Wildman–Crippen MR) is 90.9 cm³/mol. The van der Waals surface area contributed by atoms with E-state index in [-0.39, 0.29) is 29.0 Å². The molecule has 0 N–H and O–H groups in total. The molecule has 1 amide bonds. The van der Waals surface area contributed by atoms with Crippen LogP contribution in [-0.2, 0) is 11.0 Å². The quantitative estimate of drug-likeness (QED) is 0.779. The number of hydrogen-bond donors (Lipinski definition) is 0. The third kappa shape index (κ3) is 2.38. The smallest absolute Gasteiger partial charge is 0.369 e. The van der Waals surface area contributed by atoms with E-state index in [0.29, 0.717) is 25.2 Å². The van der Waals surface area contributed by atoms with Crippen LogP contribution in [0.25, 0.3) is 5.52 Å². The van der Waals surface area contributed by atoms with E-state index in [1.54, 1.807) is 11.3 Å². The number of fused-ring (bicyclic) bond motifs is 2. The average Bonchev–Trinajstić information content (AvgIpc) is 3.20. The van der Waals surface area contributed by atoms with Gasteiger partial charge in [0.05, 0.1) is 29.3 Å². The van der Waals surface area contributed by atoms with Crippen LogP contribution in [0.4, 0.5) is 18.9 Å². The van der Waals surface area contributed by atoms with Gasteiger partial charge in [-0.1, -0.05) is 0 Å². The van der Waals surface area contributed by atoms with Crippen molar-refractivity contribution in [2.75, 3.05) is 24.5 Å². The number of aromatic nitrogens is 2. The molecule has 140 valence electrons. The van der Waals surface area contributed by atoms with Gasteiger partial charge in [0.15, 0.2) is 0 Å². The van der Waals surface area contributed by atoms with Gasteiger partial charge in [0, 0.05) is 50.1 Å². The number of carbonyl (C=O) groups is 1. The summed E-state index contributed by atoms with van der Waals surface area (Å²) in [6.07, 6.45) is -0.0457. The number of alkyl halides is 3. The number of carbonyl (C=O) groups excluding carboxylic acids is 1. The summed E-state index contributed by atoms with van der Waals surface area (Å²) in [7, 11) is 0. The largest absolute Gasteiger partial charge is 0.418 e. The van der Waals surface area contributed by atoms with Crippen molar-refractivity contribution >= 4 is 17.1 Å². The highest BCUT2D eigenvalue weighted by atomic mass is 19.4. The molecule has 0 aliphatic carbocycles. The lowest BCUT2D eigenvalue weighted by molar-refractivity contribution is -0.137. The maximum Gasteiger partial charge on any atom is 0.418 e. The van der Waals surface area contributed by atoms with Crippen molar-refractivity contribution < 1.29 is 18.0 Å². The lowest BCUT2D eigenvalue weighted by Gasteiger charge is -2.36. The van der Waals surface area contributed by atoms with E-state index in [1.165, 1.54) is 18.7 Å². The molecule has 0 saturated carbocycles. The van der Waals surface area contributed by atoms with Crippen LogP contribution in [0.3, 0.4) is 0 Å². The Bertz CT molecular complexity index is 873. The normalized spacial score (nSPS) is 25.2. The third-order valence-corrected chi connectivity index (χ3v) is 6.03. The molecule has 2 aliphatic rings. The van der Waals surface area contributed by atoms with Gasteiger partial charge in [-0.3, -0.25) is 4.79 Å². The molecule has 2 aromatic rings. The summed E-state index contributed by atoms with van der Waals surface area (Å²) in [5, 5.41) is 0. The van der Waals surface area contributed by atoms with Gasteiger partial charge < -0.3 is 14.2 Å². The Morgan fingerprint density at radius 2 is 2.00 bits per heavy atom. The van der Waals surface area contributed by atoms with Gasteiger partial charge in [0.25, 0.3) is 0 Å². The van der Waals surface area contributed by atoms with Gasteiger partial charge in [0.1, 0.15) is 0 Å². The van der Waals surface area contributed by atoms with Gasteiger partial charge in [-0.2, -0.15) is 13.2 Å². The zero-order valence-corrected chi connectivity index (χ0v) is 14.9. The van der Waals surface area contributed by atoms with Crippen molar-refractivity contribution in [3.8, 4) is 0 Å². The summed E-state index contributed by atoms with van der Waals surface area (Å²) in [5.41, 5.74) is -0.348. The summed E-state index contributed by atoms with van der Waals surface area (Å²) in [6, 6.07) is 1.12. The number of amides is 1. The van der Waals surface area contributed by atoms with E-state index in [0.717, 1.165) is 6.07 Å². The predicted octanol–water partition coefficient (Wildman–Crippen LogP) is 3.05. The molecule has 2 aliphatic heterocycles. The molecule has 8 heteroatoms. The summed E-state index contributed by atoms with van der Waals surface area (Å²) in [5.74, 6) is 0.318. The van der Waals surface area contributed by atoms with Crippen molar-refractivity contribution in [3.05, 3.63) is 30.4 Å². The lowest BCUT2D eigenvalue weighted by Crippen LogP contribution is -2.47. The van der Waals surface area contributed by atoms with E-state index in [2.05, 4.69) is 4.98 Å². The molecule has 2 fully saturated rings. The van der Waals surface area contributed by atoms with Crippen LogP contribution in [0.2, 0.25) is 0 Å². The van der Waals surface area contributed by atoms with E-state index in [9.17, 15) is 18.0 Å². The summed E-state index contributed by atoms with van der Waals surface area (Å²) in [6.45, 7) is 7.16. The number of hydrogen-bond acceptors (Lipinski definition) is 3. The molecule has 26 heavy (non-hydrogen) atoms. The molecule has 4 rings (SSSR count).